The maximum absolute atomic E-state index is 12.4. The average Bonchev–Trinajstić information content (AvgIpc) is 3.04. The Hall–Kier alpha value is -1.28. The molecule has 0 aromatic heterocycles. The second kappa shape index (κ2) is 7.12. The van der Waals surface area contributed by atoms with Gasteiger partial charge in [0, 0.05) is 24.5 Å². The highest BCUT2D eigenvalue weighted by Gasteiger charge is 2.61. The van der Waals surface area contributed by atoms with Gasteiger partial charge in [-0.3, -0.25) is 4.79 Å². The SMILES string of the molecule is CC1C[C@H]2N(C)C(=O)CC[C@]2(C)[C@H]2CC[C@]3(C)C/C(=C/c4ccc(Cl)cc4)C[C@H]3C12. The third-order valence-electron chi connectivity index (χ3n) is 9.80. The van der Waals surface area contributed by atoms with Gasteiger partial charge < -0.3 is 4.90 Å². The third kappa shape index (κ3) is 3.08. The van der Waals surface area contributed by atoms with Gasteiger partial charge in [-0.2, -0.15) is 0 Å². The first kappa shape index (κ1) is 20.6. The second-order valence-electron chi connectivity index (χ2n) is 11.5. The van der Waals surface area contributed by atoms with Crippen LogP contribution in [0.5, 0.6) is 0 Å². The minimum Gasteiger partial charge on any atom is -0.342 e. The van der Waals surface area contributed by atoms with E-state index in [1.165, 1.54) is 37.7 Å². The summed E-state index contributed by atoms with van der Waals surface area (Å²) in [4.78, 5) is 14.6. The molecule has 1 amide bonds. The predicted molar refractivity (Wildman–Crippen MR) is 124 cm³/mol. The van der Waals surface area contributed by atoms with Crippen LogP contribution in [0.15, 0.2) is 29.8 Å². The summed E-state index contributed by atoms with van der Waals surface area (Å²) in [5.74, 6) is 3.39. The molecule has 3 heteroatoms. The Morgan fingerprint density at radius 2 is 1.87 bits per heavy atom. The van der Waals surface area contributed by atoms with Crippen LogP contribution >= 0.6 is 11.6 Å². The van der Waals surface area contributed by atoms with Crippen molar-refractivity contribution in [1.82, 2.24) is 4.90 Å². The molecule has 1 aliphatic heterocycles. The molecule has 2 nitrogen and oxygen atoms in total. The van der Waals surface area contributed by atoms with E-state index in [0.29, 0.717) is 28.7 Å². The summed E-state index contributed by atoms with van der Waals surface area (Å²) in [6.07, 6.45) is 10.6. The molecule has 7 atom stereocenters. The van der Waals surface area contributed by atoms with Crippen LogP contribution in [0.2, 0.25) is 5.02 Å². The number of hydrogen-bond acceptors (Lipinski definition) is 1. The van der Waals surface area contributed by atoms with E-state index < -0.39 is 0 Å². The Bertz CT molecular complexity index is 875. The zero-order valence-electron chi connectivity index (χ0n) is 19.0. The second-order valence-corrected chi connectivity index (χ2v) is 11.9. The number of rotatable bonds is 1. The summed E-state index contributed by atoms with van der Waals surface area (Å²) in [5, 5.41) is 0.807. The lowest BCUT2D eigenvalue weighted by Gasteiger charge is -2.63. The molecule has 2 unspecified atom stereocenters. The number of likely N-dealkylation sites (tertiary alicyclic amines) is 1. The van der Waals surface area contributed by atoms with E-state index in [0.717, 1.165) is 35.6 Å². The van der Waals surface area contributed by atoms with E-state index in [9.17, 15) is 4.79 Å². The summed E-state index contributed by atoms with van der Waals surface area (Å²) < 4.78 is 0. The van der Waals surface area contributed by atoms with Crippen molar-refractivity contribution in [2.24, 2.45) is 34.5 Å². The largest absolute Gasteiger partial charge is 0.342 e. The number of carbonyl (C=O) groups is 1. The van der Waals surface area contributed by atoms with Gasteiger partial charge in [-0.05, 0) is 90.7 Å². The number of fused-ring (bicyclic) bond motifs is 5. The van der Waals surface area contributed by atoms with Crippen molar-refractivity contribution in [2.45, 2.75) is 71.8 Å². The first-order valence-electron chi connectivity index (χ1n) is 11.9. The molecular formula is C27H36ClNO. The van der Waals surface area contributed by atoms with E-state index in [1.54, 1.807) is 5.57 Å². The molecule has 3 aliphatic carbocycles. The quantitative estimate of drug-likeness (QED) is 0.482. The fraction of sp³-hybridized carbons (Fsp3) is 0.667. The molecule has 1 saturated heterocycles. The van der Waals surface area contributed by atoms with E-state index in [-0.39, 0.29) is 0 Å². The lowest BCUT2D eigenvalue weighted by Crippen LogP contribution is -2.62. The van der Waals surface area contributed by atoms with E-state index >= 15 is 0 Å². The van der Waals surface area contributed by atoms with Crippen LogP contribution in [-0.4, -0.2) is 23.9 Å². The predicted octanol–water partition coefficient (Wildman–Crippen LogP) is 6.83. The highest BCUT2D eigenvalue weighted by atomic mass is 35.5. The minimum atomic E-state index is 0.295. The topological polar surface area (TPSA) is 20.3 Å². The fourth-order valence-electron chi connectivity index (χ4n) is 8.26. The molecule has 0 spiro atoms. The number of carbonyl (C=O) groups excluding carboxylic acids is 1. The maximum Gasteiger partial charge on any atom is 0.222 e. The third-order valence-corrected chi connectivity index (χ3v) is 10.1. The lowest BCUT2D eigenvalue weighted by atomic mass is 9.45. The molecule has 0 bridgehead atoms. The van der Waals surface area contributed by atoms with Crippen molar-refractivity contribution in [3.63, 3.8) is 0 Å². The van der Waals surface area contributed by atoms with Crippen molar-refractivity contribution in [2.75, 3.05) is 7.05 Å². The van der Waals surface area contributed by atoms with Crippen LogP contribution in [0.4, 0.5) is 0 Å². The molecule has 1 heterocycles. The zero-order chi connectivity index (χ0) is 21.3. The smallest absolute Gasteiger partial charge is 0.222 e. The minimum absolute atomic E-state index is 0.295. The van der Waals surface area contributed by atoms with Crippen molar-refractivity contribution in [1.29, 1.82) is 0 Å². The van der Waals surface area contributed by atoms with E-state index in [4.69, 9.17) is 11.6 Å². The first-order valence-corrected chi connectivity index (χ1v) is 12.3. The van der Waals surface area contributed by atoms with Crippen LogP contribution in [0.25, 0.3) is 6.08 Å². The fourth-order valence-corrected chi connectivity index (χ4v) is 8.38. The van der Waals surface area contributed by atoms with E-state index in [2.05, 4.69) is 50.9 Å². The van der Waals surface area contributed by atoms with Gasteiger partial charge >= 0.3 is 0 Å². The molecule has 5 rings (SSSR count). The first-order chi connectivity index (χ1) is 14.2. The number of hydrogen-bond donors (Lipinski definition) is 0. The summed E-state index contributed by atoms with van der Waals surface area (Å²) in [6.45, 7) is 7.57. The van der Waals surface area contributed by atoms with Crippen LogP contribution in [-0.2, 0) is 4.79 Å². The van der Waals surface area contributed by atoms with Crippen molar-refractivity contribution >= 4 is 23.6 Å². The molecule has 4 fully saturated rings. The van der Waals surface area contributed by atoms with Gasteiger partial charge in [-0.25, -0.2) is 0 Å². The summed E-state index contributed by atoms with van der Waals surface area (Å²) in [7, 11) is 2.06. The van der Waals surface area contributed by atoms with Crippen LogP contribution in [0.1, 0.15) is 71.3 Å². The maximum atomic E-state index is 12.4. The van der Waals surface area contributed by atoms with Gasteiger partial charge in [-0.15, -0.1) is 0 Å². The number of piperidine rings is 1. The zero-order valence-corrected chi connectivity index (χ0v) is 19.7. The van der Waals surface area contributed by atoms with E-state index in [1.807, 2.05) is 12.1 Å². The standard InChI is InChI=1S/C27H36ClNO/c1-17-13-23-27(3,12-10-24(30)29(23)4)21-9-11-26(2)16-19(15-22(26)25(17)21)14-18-5-7-20(28)8-6-18/h5-8,14,17,21-23,25H,9-13,15-16H2,1-4H3/b19-14+/t17?,21-,22-,23+,25?,26+,27+/m0/s1. The monoisotopic (exact) mass is 425 g/mol. The Morgan fingerprint density at radius 1 is 1.13 bits per heavy atom. The average molecular weight is 426 g/mol. The molecule has 0 radical (unpaired) electrons. The van der Waals surface area contributed by atoms with Crippen LogP contribution in [0, 0.1) is 34.5 Å². The van der Waals surface area contributed by atoms with Gasteiger partial charge in [0.05, 0.1) is 0 Å². The summed E-state index contributed by atoms with van der Waals surface area (Å²) in [5.41, 5.74) is 3.64. The lowest BCUT2D eigenvalue weighted by molar-refractivity contribution is -0.164. The number of nitrogens with zero attached hydrogens (tertiary/aromatic N) is 1. The van der Waals surface area contributed by atoms with Gasteiger partial charge in [0.15, 0.2) is 0 Å². The van der Waals surface area contributed by atoms with Crippen molar-refractivity contribution in [3.8, 4) is 0 Å². The normalized spacial score (nSPS) is 44.6. The number of amides is 1. The van der Waals surface area contributed by atoms with Crippen molar-refractivity contribution < 1.29 is 4.79 Å². The molecule has 4 aliphatic rings. The number of benzene rings is 1. The molecule has 3 saturated carbocycles. The summed E-state index contributed by atoms with van der Waals surface area (Å²) >= 11 is 6.09. The number of halogens is 1. The Morgan fingerprint density at radius 3 is 2.60 bits per heavy atom. The highest BCUT2D eigenvalue weighted by molar-refractivity contribution is 6.30. The Balaban J connectivity index is 1.45. The van der Waals surface area contributed by atoms with Gasteiger partial charge in [0.25, 0.3) is 0 Å². The molecule has 1 aromatic carbocycles. The molecule has 30 heavy (non-hydrogen) atoms. The van der Waals surface area contributed by atoms with Crippen molar-refractivity contribution in [3.05, 3.63) is 40.4 Å². The molecule has 162 valence electrons. The van der Waals surface area contributed by atoms with Crippen LogP contribution in [0.3, 0.4) is 0 Å². The summed E-state index contributed by atoms with van der Waals surface area (Å²) in [6, 6.07) is 8.72. The molecular weight excluding hydrogens is 390 g/mol. The van der Waals surface area contributed by atoms with Gasteiger partial charge in [-0.1, -0.05) is 56.2 Å². The van der Waals surface area contributed by atoms with Gasteiger partial charge in [0.1, 0.15) is 0 Å². The Labute approximate surface area is 187 Å². The molecule has 0 N–H and O–H groups in total. The Kier molecular flexibility index (Phi) is 4.89. The molecule has 1 aromatic rings. The van der Waals surface area contributed by atoms with Crippen LogP contribution < -0.4 is 0 Å². The highest BCUT2D eigenvalue weighted by Crippen LogP contribution is 2.66. The number of allylic oxidation sites excluding steroid dienone is 1. The van der Waals surface area contributed by atoms with Gasteiger partial charge in [0.2, 0.25) is 5.91 Å².